The summed E-state index contributed by atoms with van der Waals surface area (Å²) in [4.78, 5) is 18.4. The smallest absolute Gasteiger partial charge is 0.281 e. The van der Waals surface area contributed by atoms with Crippen molar-refractivity contribution in [3.05, 3.63) is 59.5 Å². The molecule has 2 aromatic carbocycles. The van der Waals surface area contributed by atoms with Crippen molar-refractivity contribution in [3.63, 3.8) is 0 Å². The van der Waals surface area contributed by atoms with Crippen molar-refractivity contribution in [2.75, 3.05) is 49.0 Å². The Morgan fingerprint density at radius 2 is 1.94 bits per heavy atom. The number of benzene rings is 2. The van der Waals surface area contributed by atoms with Crippen LogP contribution in [0.25, 0.3) is 11.3 Å². The summed E-state index contributed by atoms with van der Waals surface area (Å²) < 4.78 is 32.9. The Hall–Kier alpha value is -2.79. The first-order valence-corrected chi connectivity index (χ1v) is 13.2. The molecule has 1 aromatic heterocycles. The van der Waals surface area contributed by atoms with Gasteiger partial charge in [0, 0.05) is 17.5 Å². The van der Waals surface area contributed by atoms with Crippen LogP contribution in [0.5, 0.6) is 0 Å². The Bertz CT molecular complexity index is 1250. The van der Waals surface area contributed by atoms with E-state index in [2.05, 4.69) is 10.3 Å². The molecule has 0 unspecified atom stereocenters. The van der Waals surface area contributed by atoms with Crippen molar-refractivity contribution in [1.82, 2.24) is 4.98 Å². The number of thiazole rings is 1. The number of carbonyl (C=O) groups excluding carboxylic acids is 1. The minimum atomic E-state index is -3.59. The number of aromatic nitrogens is 1. The third-order valence-electron chi connectivity index (χ3n) is 5.92. The van der Waals surface area contributed by atoms with Crippen LogP contribution in [0.4, 0.5) is 10.8 Å². The third kappa shape index (κ3) is 4.65. The van der Waals surface area contributed by atoms with Gasteiger partial charge in [0.05, 0.1) is 29.5 Å². The molecule has 2 aliphatic heterocycles. The lowest BCUT2D eigenvalue weighted by Crippen LogP contribution is -3.15. The predicted octanol–water partition coefficient (Wildman–Crippen LogP) is 1.42. The monoisotopic (exact) mass is 485 g/mol. The Morgan fingerprint density at radius 1 is 1.15 bits per heavy atom. The van der Waals surface area contributed by atoms with Crippen LogP contribution in [0.2, 0.25) is 0 Å². The number of nitrogens with one attached hydrogen (secondary N) is 2. The Kier molecular flexibility index (Phi) is 6.15. The van der Waals surface area contributed by atoms with E-state index < -0.39 is 10.0 Å². The average molecular weight is 486 g/mol. The molecule has 3 heterocycles. The molecule has 8 nitrogen and oxygen atoms in total. The topological polar surface area (TPSA) is 93.0 Å². The second-order valence-corrected chi connectivity index (χ2v) is 10.8. The maximum atomic E-state index is 13.1. The molecule has 2 N–H and O–H groups in total. The van der Waals surface area contributed by atoms with Crippen LogP contribution in [0, 0.1) is 0 Å². The van der Waals surface area contributed by atoms with E-state index in [4.69, 9.17) is 4.74 Å². The maximum absolute atomic E-state index is 13.1. The van der Waals surface area contributed by atoms with Crippen LogP contribution in [-0.4, -0.2) is 58.7 Å². The Morgan fingerprint density at radius 3 is 2.73 bits per heavy atom. The molecule has 5 rings (SSSR count). The van der Waals surface area contributed by atoms with Gasteiger partial charge in [0.25, 0.3) is 15.9 Å². The van der Waals surface area contributed by atoms with Gasteiger partial charge in [-0.1, -0.05) is 24.3 Å². The fraction of sp³-hybridized carbons (Fsp3) is 0.304. The van der Waals surface area contributed by atoms with E-state index in [1.54, 1.807) is 30.3 Å². The van der Waals surface area contributed by atoms with Gasteiger partial charge in [-0.25, -0.2) is 13.4 Å². The second-order valence-electron chi connectivity index (χ2n) is 8.11. The van der Waals surface area contributed by atoms with E-state index in [1.165, 1.54) is 20.5 Å². The van der Waals surface area contributed by atoms with E-state index >= 15 is 0 Å². The van der Waals surface area contributed by atoms with Gasteiger partial charge in [-0.2, -0.15) is 0 Å². The van der Waals surface area contributed by atoms with Crippen LogP contribution in [0.1, 0.15) is 5.56 Å². The standard InChI is InChI=1S/C23H24N4O4S2/c28-22(15-26-10-12-31-13-11-26)25-23-24-20(16-32-23)17-6-7-21-18(14-17)8-9-27(21)33(29,30)19-4-2-1-3-5-19/h1-7,14,16H,8-13,15H2,(H,24,25,28)/p+1. The van der Waals surface area contributed by atoms with Crippen molar-refractivity contribution < 1.29 is 22.8 Å². The Labute approximate surface area is 196 Å². The SMILES string of the molecule is O=C(C[NH+]1CCOCC1)Nc1nc(-c2ccc3c(c2)CCN3S(=O)(=O)c2ccccc2)cs1. The zero-order valence-electron chi connectivity index (χ0n) is 18.0. The number of rotatable bonds is 6. The van der Waals surface area contributed by atoms with Gasteiger partial charge >= 0.3 is 0 Å². The minimum Gasteiger partial charge on any atom is -0.370 e. The molecule has 1 fully saturated rings. The van der Waals surface area contributed by atoms with Crippen molar-refractivity contribution >= 4 is 38.1 Å². The number of hydrogen-bond donors (Lipinski definition) is 2. The third-order valence-corrected chi connectivity index (χ3v) is 8.51. The fourth-order valence-corrected chi connectivity index (χ4v) is 6.45. The molecule has 172 valence electrons. The van der Waals surface area contributed by atoms with Crippen molar-refractivity contribution in [1.29, 1.82) is 0 Å². The molecule has 0 radical (unpaired) electrons. The number of nitrogens with zero attached hydrogens (tertiary/aromatic N) is 2. The van der Waals surface area contributed by atoms with Gasteiger partial charge in [0.15, 0.2) is 11.7 Å². The highest BCUT2D eigenvalue weighted by Crippen LogP contribution is 2.36. The molecule has 0 atom stereocenters. The summed E-state index contributed by atoms with van der Waals surface area (Å²) in [5.74, 6) is -0.0523. The van der Waals surface area contributed by atoms with Crippen molar-refractivity contribution in [2.45, 2.75) is 11.3 Å². The molecule has 3 aromatic rings. The lowest BCUT2D eigenvalue weighted by atomic mass is 10.1. The highest BCUT2D eigenvalue weighted by molar-refractivity contribution is 7.92. The fourth-order valence-electron chi connectivity index (χ4n) is 4.19. The van der Waals surface area contributed by atoms with E-state index in [9.17, 15) is 13.2 Å². The summed E-state index contributed by atoms with van der Waals surface area (Å²) >= 11 is 1.39. The normalized spacial score (nSPS) is 16.5. The molecule has 1 amide bonds. The Balaban J connectivity index is 1.29. The molecule has 0 aliphatic carbocycles. The van der Waals surface area contributed by atoms with Gasteiger partial charge < -0.3 is 9.64 Å². The van der Waals surface area contributed by atoms with Crippen molar-refractivity contribution in [3.8, 4) is 11.3 Å². The van der Waals surface area contributed by atoms with Gasteiger partial charge in [0.2, 0.25) is 0 Å². The van der Waals surface area contributed by atoms with Crippen LogP contribution in [0.15, 0.2) is 58.8 Å². The lowest BCUT2D eigenvalue weighted by Gasteiger charge is -2.22. The lowest BCUT2D eigenvalue weighted by molar-refractivity contribution is -0.899. The average Bonchev–Trinajstić information content (AvgIpc) is 3.47. The summed E-state index contributed by atoms with van der Waals surface area (Å²) in [6.07, 6.45) is 0.644. The van der Waals surface area contributed by atoms with Gasteiger partial charge in [-0.3, -0.25) is 14.4 Å². The van der Waals surface area contributed by atoms with Crippen LogP contribution < -0.4 is 14.5 Å². The highest BCUT2D eigenvalue weighted by Gasteiger charge is 2.31. The maximum Gasteiger partial charge on any atom is 0.281 e. The molecule has 0 bridgehead atoms. The highest BCUT2D eigenvalue weighted by atomic mass is 32.2. The zero-order valence-corrected chi connectivity index (χ0v) is 19.6. The van der Waals surface area contributed by atoms with E-state index in [0.717, 1.165) is 29.9 Å². The number of amides is 1. The summed E-state index contributed by atoms with van der Waals surface area (Å²) in [7, 11) is -3.59. The van der Waals surface area contributed by atoms with Crippen LogP contribution in [0.3, 0.4) is 0 Å². The quantitative estimate of drug-likeness (QED) is 0.551. The number of quaternary nitrogens is 1. The number of sulfonamides is 1. The summed E-state index contributed by atoms with van der Waals surface area (Å²) in [6, 6.07) is 14.2. The van der Waals surface area contributed by atoms with Gasteiger partial charge in [0.1, 0.15) is 13.1 Å². The summed E-state index contributed by atoms with van der Waals surface area (Å²) in [5, 5.41) is 5.37. The van der Waals surface area contributed by atoms with Crippen LogP contribution in [-0.2, 0) is 26.0 Å². The van der Waals surface area contributed by atoms with Crippen molar-refractivity contribution in [2.24, 2.45) is 0 Å². The molecular formula is C23H25N4O4S2+. The van der Waals surface area contributed by atoms with E-state index in [-0.39, 0.29) is 5.91 Å². The van der Waals surface area contributed by atoms with E-state index in [1.807, 2.05) is 23.6 Å². The largest absolute Gasteiger partial charge is 0.370 e. The molecule has 2 aliphatic rings. The van der Waals surface area contributed by atoms with E-state index in [0.29, 0.717) is 48.4 Å². The molecule has 10 heteroatoms. The first kappa shape index (κ1) is 22.0. The molecule has 33 heavy (non-hydrogen) atoms. The van der Waals surface area contributed by atoms with Crippen LogP contribution >= 0.6 is 11.3 Å². The first-order valence-electron chi connectivity index (χ1n) is 10.9. The number of morpholine rings is 1. The predicted molar refractivity (Wildman–Crippen MR) is 127 cm³/mol. The molecule has 0 spiro atoms. The summed E-state index contributed by atoms with van der Waals surface area (Å²) in [5.41, 5.74) is 3.35. The molecular weight excluding hydrogens is 460 g/mol. The zero-order chi connectivity index (χ0) is 22.8. The number of ether oxygens (including phenoxy) is 1. The molecule has 0 saturated carbocycles. The first-order chi connectivity index (χ1) is 16.0. The number of carbonyl (C=O) groups is 1. The number of fused-ring (bicyclic) bond motifs is 1. The van der Waals surface area contributed by atoms with Gasteiger partial charge in [-0.15, -0.1) is 11.3 Å². The number of anilines is 2. The summed E-state index contributed by atoms with van der Waals surface area (Å²) in [6.45, 7) is 3.87. The second kappa shape index (κ2) is 9.22. The minimum absolute atomic E-state index is 0.0523. The number of hydrogen-bond acceptors (Lipinski definition) is 6. The van der Waals surface area contributed by atoms with Gasteiger partial charge in [-0.05, 0) is 36.2 Å². The molecule has 1 saturated heterocycles.